The van der Waals surface area contributed by atoms with Crippen LogP contribution in [-0.4, -0.2) is 45.9 Å². The number of primary amides is 1. The number of nitrogens with one attached hydrogen (secondary N) is 1. The fourth-order valence-corrected chi connectivity index (χ4v) is 3.75. The highest BCUT2D eigenvalue weighted by atomic mass is 19.2. The highest BCUT2D eigenvalue weighted by molar-refractivity contribution is 5.97. The topological polar surface area (TPSA) is 93.2 Å². The van der Waals surface area contributed by atoms with Crippen LogP contribution < -0.4 is 11.1 Å². The average molecular weight is 437 g/mol. The summed E-state index contributed by atoms with van der Waals surface area (Å²) < 4.78 is 43.4. The van der Waals surface area contributed by atoms with Gasteiger partial charge < -0.3 is 20.5 Å². The zero-order valence-corrected chi connectivity index (χ0v) is 17.7. The minimum atomic E-state index is -1.31. The molecule has 0 bridgehead atoms. The van der Waals surface area contributed by atoms with E-state index in [2.05, 4.69) is 10.3 Å². The third kappa shape index (κ3) is 4.90. The second kappa shape index (κ2) is 9.09. The smallest absolute Gasteiger partial charge is 0.272 e. The van der Waals surface area contributed by atoms with Crippen LogP contribution in [0.5, 0.6) is 0 Å². The summed E-state index contributed by atoms with van der Waals surface area (Å²) in [6.07, 6.45) is 1.04. The Kier molecular flexibility index (Phi) is 6.68. The lowest BCUT2D eigenvalue weighted by molar-refractivity contribution is -0.120. The molecular weight excluding hydrogens is 411 g/mol. The van der Waals surface area contributed by atoms with Crippen molar-refractivity contribution in [2.75, 3.05) is 13.6 Å². The summed E-state index contributed by atoms with van der Waals surface area (Å²) in [6, 6.07) is 0.305. The molecule has 3 rings (SSSR count). The molecule has 31 heavy (non-hydrogen) atoms. The van der Waals surface area contributed by atoms with Gasteiger partial charge in [-0.3, -0.25) is 9.59 Å². The van der Waals surface area contributed by atoms with Gasteiger partial charge in [-0.2, -0.15) is 0 Å². The molecule has 0 fully saturated rings. The first kappa shape index (κ1) is 22.8. The van der Waals surface area contributed by atoms with Crippen LogP contribution >= 0.6 is 0 Å². The van der Waals surface area contributed by atoms with Crippen LogP contribution in [0.2, 0.25) is 0 Å². The molecule has 1 aliphatic heterocycles. The first-order valence-corrected chi connectivity index (χ1v) is 10.1. The SMILES string of the molecule is CC(C)CC(NC(=O)c1nc(-c2cc(F)c(F)cc2F)n2c1CN(C)CCC2)C(N)=O. The van der Waals surface area contributed by atoms with Gasteiger partial charge >= 0.3 is 0 Å². The number of benzene rings is 1. The van der Waals surface area contributed by atoms with Gasteiger partial charge in [-0.15, -0.1) is 0 Å². The van der Waals surface area contributed by atoms with E-state index >= 15 is 0 Å². The van der Waals surface area contributed by atoms with Gasteiger partial charge in [0.05, 0.1) is 11.3 Å². The lowest BCUT2D eigenvalue weighted by Crippen LogP contribution is -2.45. The van der Waals surface area contributed by atoms with Gasteiger partial charge in [-0.25, -0.2) is 18.2 Å². The van der Waals surface area contributed by atoms with Crippen molar-refractivity contribution in [3.8, 4) is 11.4 Å². The Morgan fingerprint density at radius 2 is 1.84 bits per heavy atom. The maximum atomic E-state index is 14.5. The molecule has 1 aromatic heterocycles. The molecule has 0 saturated carbocycles. The van der Waals surface area contributed by atoms with E-state index in [0.717, 1.165) is 12.6 Å². The van der Waals surface area contributed by atoms with Crippen molar-refractivity contribution in [3.63, 3.8) is 0 Å². The second-order valence-corrected chi connectivity index (χ2v) is 8.28. The molecule has 0 spiro atoms. The maximum absolute atomic E-state index is 14.5. The van der Waals surface area contributed by atoms with Crippen LogP contribution in [0.15, 0.2) is 12.1 Å². The summed E-state index contributed by atoms with van der Waals surface area (Å²) in [6.45, 7) is 5.26. The fourth-order valence-electron chi connectivity index (χ4n) is 3.75. The molecular formula is C21H26F3N5O2. The molecule has 2 amide bonds. The number of nitrogens with zero attached hydrogens (tertiary/aromatic N) is 3. The Morgan fingerprint density at radius 3 is 2.48 bits per heavy atom. The quantitative estimate of drug-likeness (QED) is 0.679. The molecule has 7 nitrogen and oxygen atoms in total. The second-order valence-electron chi connectivity index (χ2n) is 8.28. The molecule has 3 N–H and O–H groups in total. The van der Waals surface area contributed by atoms with E-state index in [0.29, 0.717) is 37.7 Å². The predicted octanol–water partition coefficient (Wildman–Crippen LogP) is 2.43. The number of rotatable bonds is 6. The number of hydrogen-bond acceptors (Lipinski definition) is 4. The minimum Gasteiger partial charge on any atom is -0.368 e. The van der Waals surface area contributed by atoms with Gasteiger partial charge in [0.1, 0.15) is 17.7 Å². The number of imidazole rings is 1. The van der Waals surface area contributed by atoms with E-state index in [4.69, 9.17) is 5.73 Å². The van der Waals surface area contributed by atoms with E-state index in [1.54, 1.807) is 4.57 Å². The summed E-state index contributed by atoms with van der Waals surface area (Å²) in [5.41, 5.74) is 5.70. The maximum Gasteiger partial charge on any atom is 0.272 e. The van der Waals surface area contributed by atoms with Crippen molar-refractivity contribution in [3.05, 3.63) is 41.0 Å². The van der Waals surface area contributed by atoms with Gasteiger partial charge in [0.15, 0.2) is 17.3 Å². The monoisotopic (exact) mass is 437 g/mol. The van der Waals surface area contributed by atoms with Crippen molar-refractivity contribution in [1.29, 1.82) is 0 Å². The molecule has 1 aliphatic rings. The van der Waals surface area contributed by atoms with E-state index in [9.17, 15) is 22.8 Å². The van der Waals surface area contributed by atoms with Crippen LogP contribution in [0.1, 0.15) is 42.9 Å². The number of fused-ring (bicyclic) bond motifs is 1. The summed E-state index contributed by atoms with van der Waals surface area (Å²) in [4.78, 5) is 31.1. The summed E-state index contributed by atoms with van der Waals surface area (Å²) in [5, 5.41) is 2.61. The normalized spacial score (nSPS) is 15.5. The Morgan fingerprint density at radius 1 is 1.16 bits per heavy atom. The number of halogens is 3. The van der Waals surface area contributed by atoms with Crippen LogP contribution in [0, 0.1) is 23.4 Å². The standard InChI is InChI=1S/C21H26F3N5O2/c1-11(2)7-16(19(25)30)26-21(31)18-17-10-28(3)5-4-6-29(17)20(27-18)12-8-14(23)15(24)9-13(12)22/h8-9,11,16H,4-7,10H2,1-3H3,(H2,25,30)(H,26,31). The molecule has 2 aromatic rings. The lowest BCUT2D eigenvalue weighted by Gasteiger charge is -2.18. The van der Waals surface area contributed by atoms with E-state index in [1.165, 1.54) is 0 Å². The number of carbonyl (C=O) groups is 2. The largest absolute Gasteiger partial charge is 0.368 e. The number of carbonyl (C=O) groups excluding carboxylic acids is 2. The third-order valence-corrected chi connectivity index (χ3v) is 5.24. The fraction of sp³-hybridized carbons (Fsp3) is 0.476. The summed E-state index contributed by atoms with van der Waals surface area (Å²) >= 11 is 0. The zero-order valence-electron chi connectivity index (χ0n) is 17.7. The Balaban J connectivity index is 2.08. The third-order valence-electron chi connectivity index (χ3n) is 5.24. The molecule has 2 heterocycles. The van der Waals surface area contributed by atoms with E-state index in [1.807, 2.05) is 25.8 Å². The summed E-state index contributed by atoms with van der Waals surface area (Å²) in [7, 11) is 1.87. The molecule has 0 aliphatic carbocycles. The van der Waals surface area contributed by atoms with Crippen molar-refractivity contribution < 1.29 is 22.8 Å². The van der Waals surface area contributed by atoms with Crippen molar-refractivity contribution in [2.24, 2.45) is 11.7 Å². The van der Waals surface area contributed by atoms with Crippen LogP contribution in [0.4, 0.5) is 13.2 Å². The van der Waals surface area contributed by atoms with Gasteiger partial charge in [-0.1, -0.05) is 13.8 Å². The van der Waals surface area contributed by atoms with Crippen LogP contribution in [0.3, 0.4) is 0 Å². The summed E-state index contributed by atoms with van der Waals surface area (Å²) in [5.74, 6) is -4.66. The molecule has 0 saturated heterocycles. The first-order valence-electron chi connectivity index (χ1n) is 10.1. The van der Waals surface area contributed by atoms with Crippen molar-refractivity contribution in [2.45, 2.75) is 45.8 Å². The first-order chi connectivity index (χ1) is 14.6. The van der Waals surface area contributed by atoms with Crippen LogP contribution in [-0.2, 0) is 17.9 Å². The minimum absolute atomic E-state index is 0.00268. The lowest BCUT2D eigenvalue weighted by atomic mass is 10.0. The van der Waals surface area contributed by atoms with E-state index in [-0.39, 0.29) is 23.0 Å². The van der Waals surface area contributed by atoms with Crippen molar-refractivity contribution >= 4 is 11.8 Å². The van der Waals surface area contributed by atoms with Gasteiger partial charge in [0.2, 0.25) is 5.91 Å². The molecule has 1 aromatic carbocycles. The molecule has 1 atom stereocenters. The van der Waals surface area contributed by atoms with E-state index < -0.39 is 35.3 Å². The molecule has 10 heteroatoms. The highest BCUT2D eigenvalue weighted by Gasteiger charge is 2.29. The Hall–Kier alpha value is -2.88. The van der Waals surface area contributed by atoms with Gasteiger partial charge in [0, 0.05) is 19.2 Å². The number of aromatic nitrogens is 2. The number of amides is 2. The average Bonchev–Trinajstić information content (AvgIpc) is 2.90. The van der Waals surface area contributed by atoms with Gasteiger partial charge in [-0.05, 0) is 38.4 Å². The molecule has 1 unspecified atom stereocenters. The number of hydrogen-bond donors (Lipinski definition) is 2. The Labute approximate surface area is 178 Å². The predicted molar refractivity (Wildman–Crippen MR) is 108 cm³/mol. The van der Waals surface area contributed by atoms with Gasteiger partial charge in [0.25, 0.3) is 5.91 Å². The molecule has 0 radical (unpaired) electrons. The van der Waals surface area contributed by atoms with Crippen LogP contribution in [0.25, 0.3) is 11.4 Å². The highest BCUT2D eigenvalue weighted by Crippen LogP contribution is 2.29. The Bertz CT molecular complexity index is 1010. The number of nitrogens with two attached hydrogens (primary N) is 1. The van der Waals surface area contributed by atoms with Crippen molar-refractivity contribution in [1.82, 2.24) is 19.8 Å². The zero-order chi connectivity index (χ0) is 22.9. The molecule has 168 valence electrons.